The molecule has 9 heteroatoms. The van der Waals surface area contributed by atoms with E-state index in [1.165, 1.54) is 12.1 Å². The van der Waals surface area contributed by atoms with Gasteiger partial charge in [-0.3, -0.25) is 0 Å². The van der Waals surface area contributed by atoms with Gasteiger partial charge in [0.1, 0.15) is 11.9 Å². The lowest BCUT2D eigenvalue weighted by atomic mass is 10.1. The molecule has 0 N–H and O–H groups in total. The molecule has 0 fully saturated rings. The van der Waals surface area contributed by atoms with E-state index in [1.54, 1.807) is 28.2 Å². The van der Waals surface area contributed by atoms with Crippen molar-refractivity contribution in [2.24, 2.45) is 0 Å². The van der Waals surface area contributed by atoms with Gasteiger partial charge in [-0.15, -0.1) is 5.10 Å². The fourth-order valence-corrected chi connectivity index (χ4v) is 3.52. The first-order valence-corrected chi connectivity index (χ1v) is 8.88. The Morgan fingerprint density at radius 3 is 2.88 bits per heavy atom. The molecule has 1 aliphatic rings. The maximum atomic E-state index is 13.1. The van der Waals surface area contributed by atoms with E-state index in [4.69, 9.17) is 9.26 Å². The lowest BCUT2D eigenvalue weighted by Gasteiger charge is -2.24. The molecule has 1 aliphatic heterocycles. The van der Waals surface area contributed by atoms with Crippen LogP contribution in [-0.2, 0) is 17.9 Å². The summed E-state index contributed by atoms with van der Waals surface area (Å²) in [5.74, 6) is 0.561. The Labute approximate surface area is 151 Å². The van der Waals surface area contributed by atoms with Crippen LogP contribution < -0.4 is 0 Å². The topological polar surface area (TPSA) is 78.9 Å². The Kier molecular flexibility index (Phi) is 3.61. The number of hydrogen-bond acceptors (Lipinski definition) is 7. The van der Waals surface area contributed by atoms with E-state index < -0.39 is 0 Å². The summed E-state index contributed by atoms with van der Waals surface area (Å²) in [4.78, 5) is 4.41. The zero-order valence-corrected chi connectivity index (χ0v) is 14.2. The van der Waals surface area contributed by atoms with Gasteiger partial charge in [-0.1, -0.05) is 22.5 Å². The summed E-state index contributed by atoms with van der Waals surface area (Å²) in [7, 11) is 0. The number of halogens is 1. The summed E-state index contributed by atoms with van der Waals surface area (Å²) in [5, 5.41) is 16.3. The molecule has 0 saturated carbocycles. The van der Waals surface area contributed by atoms with Crippen LogP contribution in [0.15, 0.2) is 45.6 Å². The minimum Gasteiger partial charge on any atom is -0.365 e. The summed E-state index contributed by atoms with van der Waals surface area (Å²) in [6, 6.07) is 8.20. The highest BCUT2D eigenvalue weighted by molar-refractivity contribution is 7.08. The molecule has 0 amide bonds. The van der Waals surface area contributed by atoms with Gasteiger partial charge in [-0.25, -0.2) is 9.07 Å². The molecule has 26 heavy (non-hydrogen) atoms. The number of benzene rings is 1. The quantitative estimate of drug-likeness (QED) is 0.550. The van der Waals surface area contributed by atoms with Gasteiger partial charge in [-0.05, 0) is 29.1 Å². The van der Waals surface area contributed by atoms with Crippen molar-refractivity contribution in [2.45, 2.75) is 19.3 Å². The van der Waals surface area contributed by atoms with Crippen molar-refractivity contribution in [3.63, 3.8) is 0 Å². The Morgan fingerprint density at radius 2 is 2.08 bits per heavy atom. The number of ether oxygens (including phenoxy) is 1. The largest absolute Gasteiger partial charge is 0.365 e. The zero-order chi connectivity index (χ0) is 17.5. The third-order valence-corrected chi connectivity index (χ3v) is 4.93. The normalized spacial score (nSPS) is 16.6. The number of hydrogen-bond donors (Lipinski definition) is 0. The first-order valence-electron chi connectivity index (χ1n) is 7.94. The average Bonchev–Trinajstić information content (AvgIpc) is 3.41. The molecule has 1 atom stereocenters. The van der Waals surface area contributed by atoms with E-state index in [-0.39, 0.29) is 11.9 Å². The van der Waals surface area contributed by atoms with Crippen LogP contribution in [0, 0.1) is 5.82 Å². The van der Waals surface area contributed by atoms with Gasteiger partial charge in [0.15, 0.2) is 5.69 Å². The third-order valence-electron chi connectivity index (χ3n) is 4.25. The molecule has 4 heterocycles. The van der Waals surface area contributed by atoms with Crippen molar-refractivity contribution in [3.05, 3.63) is 58.2 Å². The second kappa shape index (κ2) is 6.11. The molecule has 5 rings (SSSR count). The van der Waals surface area contributed by atoms with Gasteiger partial charge in [0.2, 0.25) is 5.82 Å². The Morgan fingerprint density at radius 1 is 1.19 bits per heavy atom. The van der Waals surface area contributed by atoms with Gasteiger partial charge in [0.25, 0.3) is 5.89 Å². The van der Waals surface area contributed by atoms with E-state index in [0.29, 0.717) is 30.6 Å². The van der Waals surface area contributed by atoms with Gasteiger partial charge < -0.3 is 9.26 Å². The molecular weight excluding hydrogens is 357 g/mol. The fraction of sp³-hybridized carbons (Fsp3) is 0.176. The van der Waals surface area contributed by atoms with E-state index in [1.807, 2.05) is 16.8 Å². The second-order valence-electron chi connectivity index (χ2n) is 5.85. The molecule has 3 aromatic heterocycles. The highest BCUT2D eigenvalue weighted by Gasteiger charge is 2.28. The van der Waals surface area contributed by atoms with Crippen LogP contribution in [0.4, 0.5) is 4.39 Å². The third kappa shape index (κ3) is 2.61. The standard InChI is InChI=1S/C17H12FN5O2S/c18-12-3-1-10(2-4-12)14-7-23-13(8-24-14)15(20-22-23)17-19-16(21-25-17)11-5-6-26-9-11/h1-6,9,14H,7-8H2. The maximum Gasteiger partial charge on any atom is 0.280 e. The van der Waals surface area contributed by atoms with Crippen molar-refractivity contribution in [1.29, 1.82) is 0 Å². The predicted molar refractivity (Wildman–Crippen MR) is 90.6 cm³/mol. The lowest BCUT2D eigenvalue weighted by molar-refractivity contribution is -0.00120. The highest BCUT2D eigenvalue weighted by atomic mass is 32.1. The van der Waals surface area contributed by atoms with Crippen molar-refractivity contribution in [1.82, 2.24) is 25.1 Å². The van der Waals surface area contributed by atoms with Crippen LogP contribution in [0.5, 0.6) is 0 Å². The highest BCUT2D eigenvalue weighted by Crippen LogP contribution is 2.31. The number of nitrogens with zero attached hydrogens (tertiary/aromatic N) is 5. The minimum atomic E-state index is -0.272. The number of rotatable bonds is 3. The van der Waals surface area contributed by atoms with Crippen LogP contribution in [0.1, 0.15) is 17.4 Å². The summed E-state index contributed by atoms with van der Waals surface area (Å²) in [6.45, 7) is 0.792. The molecule has 1 unspecified atom stereocenters. The van der Waals surface area contributed by atoms with Crippen LogP contribution >= 0.6 is 11.3 Å². The lowest BCUT2D eigenvalue weighted by Crippen LogP contribution is -2.22. The van der Waals surface area contributed by atoms with E-state index in [2.05, 4.69) is 20.5 Å². The smallest absolute Gasteiger partial charge is 0.280 e. The summed E-state index contributed by atoms with van der Waals surface area (Å²) < 4.78 is 26.1. The molecule has 0 saturated heterocycles. The van der Waals surface area contributed by atoms with Crippen LogP contribution in [0.25, 0.3) is 23.0 Å². The van der Waals surface area contributed by atoms with Crippen molar-refractivity contribution >= 4 is 11.3 Å². The van der Waals surface area contributed by atoms with Crippen LogP contribution in [0.3, 0.4) is 0 Å². The van der Waals surface area contributed by atoms with Crippen molar-refractivity contribution in [2.75, 3.05) is 0 Å². The van der Waals surface area contributed by atoms with Gasteiger partial charge in [0.05, 0.1) is 18.8 Å². The van der Waals surface area contributed by atoms with E-state index in [0.717, 1.165) is 16.8 Å². The second-order valence-corrected chi connectivity index (χ2v) is 6.63. The molecule has 130 valence electrons. The van der Waals surface area contributed by atoms with E-state index >= 15 is 0 Å². The van der Waals surface area contributed by atoms with Gasteiger partial charge in [-0.2, -0.15) is 16.3 Å². The molecule has 0 radical (unpaired) electrons. The molecule has 0 bridgehead atoms. The van der Waals surface area contributed by atoms with E-state index in [9.17, 15) is 4.39 Å². The van der Waals surface area contributed by atoms with Crippen molar-refractivity contribution < 1.29 is 13.7 Å². The Balaban J connectivity index is 1.42. The molecule has 1 aromatic carbocycles. The first kappa shape index (κ1) is 15.4. The molecule has 7 nitrogen and oxygen atoms in total. The summed E-state index contributed by atoms with van der Waals surface area (Å²) in [6.07, 6.45) is -0.207. The SMILES string of the molecule is Fc1ccc(C2Cn3nnc(-c4nc(-c5ccsc5)no4)c3CO2)cc1. The predicted octanol–water partition coefficient (Wildman–Crippen LogP) is 3.47. The molecule has 0 spiro atoms. The van der Waals surface area contributed by atoms with Crippen LogP contribution in [0.2, 0.25) is 0 Å². The minimum absolute atomic E-state index is 0.207. The van der Waals surface area contributed by atoms with Gasteiger partial charge in [0, 0.05) is 10.9 Å². The Bertz CT molecular complexity index is 1040. The van der Waals surface area contributed by atoms with Crippen LogP contribution in [-0.4, -0.2) is 25.1 Å². The first-order chi connectivity index (χ1) is 12.8. The monoisotopic (exact) mass is 369 g/mol. The molecule has 4 aromatic rings. The summed E-state index contributed by atoms with van der Waals surface area (Å²) in [5.41, 5.74) is 3.10. The fourth-order valence-electron chi connectivity index (χ4n) is 2.89. The molecule has 0 aliphatic carbocycles. The number of fused-ring (bicyclic) bond motifs is 1. The number of thiophene rings is 1. The average molecular weight is 369 g/mol. The van der Waals surface area contributed by atoms with Crippen molar-refractivity contribution in [3.8, 4) is 23.0 Å². The van der Waals surface area contributed by atoms with Gasteiger partial charge >= 0.3 is 0 Å². The number of aromatic nitrogens is 5. The Hall–Kier alpha value is -2.91. The summed E-state index contributed by atoms with van der Waals surface area (Å²) >= 11 is 1.57. The molecular formula is C17H12FN5O2S. The maximum absolute atomic E-state index is 13.1. The zero-order valence-electron chi connectivity index (χ0n) is 13.4.